The van der Waals surface area contributed by atoms with Gasteiger partial charge >= 0.3 is 0 Å². The first kappa shape index (κ1) is 14.2. The van der Waals surface area contributed by atoms with Crippen LogP contribution in [-0.2, 0) is 0 Å². The SMILES string of the molecule is CCCCCC(=C=C1CCCCC1)c1ccccc1. The van der Waals surface area contributed by atoms with Gasteiger partial charge < -0.3 is 0 Å². The maximum Gasteiger partial charge on any atom is 0.00115 e. The summed E-state index contributed by atoms with van der Waals surface area (Å²) < 4.78 is 0. The molecule has 1 aromatic rings. The minimum Gasteiger partial charge on any atom is -0.118 e. The van der Waals surface area contributed by atoms with Crippen LogP contribution in [-0.4, -0.2) is 0 Å². The molecular formula is C19H26. The van der Waals surface area contributed by atoms with Gasteiger partial charge in [-0.3, -0.25) is 0 Å². The van der Waals surface area contributed by atoms with E-state index >= 15 is 0 Å². The van der Waals surface area contributed by atoms with Crippen molar-refractivity contribution in [2.75, 3.05) is 0 Å². The zero-order valence-electron chi connectivity index (χ0n) is 12.3. The third-order valence-corrected chi connectivity index (χ3v) is 3.94. The summed E-state index contributed by atoms with van der Waals surface area (Å²) in [6.07, 6.45) is 11.8. The van der Waals surface area contributed by atoms with E-state index in [2.05, 4.69) is 43.0 Å². The third kappa shape index (κ3) is 4.73. The maximum absolute atomic E-state index is 3.76. The number of benzene rings is 1. The van der Waals surface area contributed by atoms with Crippen LogP contribution in [0.25, 0.3) is 5.57 Å². The van der Waals surface area contributed by atoms with Gasteiger partial charge in [-0.1, -0.05) is 56.5 Å². The lowest BCUT2D eigenvalue weighted by Gasteiger charge is -2.12. The number of allylic oxidation sites excluding steroid dienone is 1. The quantitative estimate of drug-likeness (QED) is 0.437. The Labute approximate surface area is 118 Å². The summed E-state index contributed by atoms with van der Waals surface area (Å²) in [4.78, 5) is 0. The van der Waals surface area contributed by atoms with E-state index < -0.39 is 0 Å². The van der Waals surface area contributed by atoms with Gasteiger partial charge in [-0.15, -0.1) is 5.73 Å². The van der Waals surface area contributed by atoms with Crippen LogP contribution in [0.1, 0.15) is 70.3 Å². The molecule has 0 saturated heterocycles. The average molecular weight is 254 g/mol. The molecule has 0 unspecified atom stereocenters. The fourth-order valence-corrected chi connectivity index (χ4v) is 2.79. The van der Waals surface area contributed by atoms with Gasteiger partial charge in [0.15, 0.2) is 0 Å². The molecule has 1 aromatic carbocycles. The van der Waals surface area contributed by atoms with Crippen molar-refractivity contribution in [3.8, 4) is 0 Å². The molecule has 0 bridgehead atoms. The van der Waals surface area contributed by atoms with E-state index in [9.17, 15) is 0 Å². The van der Waals surface area contributed by atoms with Crippen molar-refractivity contribution in [1.82, 2.24) is 0 Å². The molecule has 0 nitrogen and oxygen atoms in total. The predicted octanol–water partition coefficient (Wildman–Crippen LogP) is 6.14. The Bertz CT molecular complexity index is 424. The third-order valence-electron chi connectivity index (χ3n) is 3.94. The summed E-state index contributed by atoms with van der Waals surface area (Å²) in [6, 6.07) is 10.8. The lowest BCUT2D eigenvalue weighted by molar-refractivity contribution is 0.600. The van der Waals surface area contributed by atoms with E-state index in [-0.39, 0.29) is 0 Å². The van der Waals surface area contributed by atoms with Crippen molar-refractivity contribution in [3.63, 3.8) is 0 Å². The minimum absolute atomic E-state index is 1.18. The van der Waals surface area contributed by atoms with Gasteiger partial charge in [0.05, 0.1) is 0 Å². The van der Waals surface area contributed by atoms with Crippen molar-refractivity contribution in [2.24, 2.45) is 0 Å². The van der Waals surface area contributed by atoms with E-state index in [1.54, 1.807) is 5.57 Å². The minimum atomic E-state index is 1.18. The molecule has 0 N–H and O–H groups in total. The molecule has 0 heterocycles. The van der Waals surface area contributed by atoms with E-state index in [0.29, 0.717) is 0 Å². The number of unbranched alkanes of at least 4 members (excludes halogenated alkanes) is 2. The molecule has 1 fully saturated rings. The van der Waals surface area contributed by atoms with Crippen LogP contribution >= 0.6 is 0 Å². The highest BCUT2D eigenvalue weighted by Gasteiger charge is 2.06. The van der Waals surface area contributed by atoms with Crippen LogP contribution in [0.15, 0.2) is 41.6 Å². The molecule has 0 aliphatic heterocycles. The summed E-state index contributed by atoms with van der Waals surface area (Å²) in [5, 5.41) is 0. The normalized spacial score (nSPS) is 15.1. The van der Waals surface area contributed by atoms with E-state index in [4.69, 9.17) is 0 Å². The summed E-state index contributed by atoms with van der Waals surface area (Å²) in [6.45, 7) is 2.27. The number of hydrogen-bond acceptors (Lipinski definition) is 0. The molecule has 1 aliphatic carbocycles. The number of hydrogen-bond donors (Lipinski definition) is 0. The van der Waals surface area contributed by atoms with Gasteiger partial charge in [0.1, 0.15) is 0 Å². The Morgan fingerprint density at radius 1 is 1.00 bits per heavy atom. The zero-order chi connectivity index (χ0) is 13.3. The molecule has 2 rings (SSSR count). The lowest BCUT2D eigenvalue weighted by Crippen LogP contribution is -1.93. The fraction of sp³-hybridized carbons (Fsp3) is 0.526. The van der Waals surface area contributed by atoms with Crippen molar-refractivity contribution >= 4 is 5.57 Å². The molecule has 0 spiro atoms. The van der Waals surface area contributed by atoms with Crippen LogP contribution in [0.2, 0.25) is 0 Å². The van der Waals surface area contributed by atoms with Gasteiger partial charge in [0.25, 0.3) is 0 Å². The van der Waals surface area contributed by atoms with Crippen molar-refractivity contribution in [3.05, 3.63) is 47.2 Å². The Hall–Kier alpha value is -1.26. The summed E-state index contributed by atoms with van der Waals surface area (Å²) >= 11 is 0. The molecular weight excluding hydrogens is 228 g/mol. The topological polar surface area (TPSA) is 0 Å². The highest BCUT2D eigenvalue weighted by molar-refractivity contribution is 5.65. The van der Waals surface area contributed by atoms with Crippen molar-refractivity contribution in [2.45, 2.75) is 64.7 Å². The van der Waals surface area contributed by atoms with Crippen LogP contribution in [0.5, 0.6) is 0 Å². The van der Waals surface area contributed by atoms with Crippen molar-refractivity contribution < 1.29 is 0 Å². The Kier molecular flexibility index (Phi) is 5.98. The first-order chi connectivity index (χ1) is 9.40. The standard InChI is InChI=1S/C19H26/c1-2-3-6-15-19(18-13-9-5-10-14-18)16-17-11-7-4-8-12-17/h5,9-10,13-14H,2-4,6-8,11-12,15H2,1H3. The van der Waals surface area contributed by atoms with E-state index in [1.807, 2.05) is 0 Å². The maximum atomic E-state index is 3.76. The predicted molar refractivity (Wildman–Crippen MR) is 84.1 cm³/mol. The second kappa shape index (κ2) is 8.02. The van der Waals surface area contributed by atoms with Crippen LogP contribution in [0, 0.1) is 0 Å². The van der Waals surface area contributed by atoms with Crippen LogP contribution in [0.4, 0.5) is 0 Å². The first-order valence-corrected chi connectivity index (χ1v) is 7.93. The lowest BCUT2D eigenvalue weighted by atomic mass is 9.93. The zero-order valence-corrected chi connectivity index (χ0v) is 12.3. The van der Waals surface area contributed by atoms with E-state index in [1.165, 1.54) is 68.9 Å². The molecule has 102 valence electrons. The summed E-state index contributed by atoms with van der Waals surface area (Å²) in [7, 11) is 0. The Morgan fingerprint density at radius 3 is 2.42 bits per heavy atom. The molecule has 0 amide bonds. The smallest absolute Gasteiger partial charge is 0.00115 e. The van der Waals surface area contributed by atoms with Gasteiger partial charge in [-0.05, 0) is 49.7 Å². The highest BCUT2D eigenvalue weighted by Crippen LogP contribution is 2.26. The Morgan fingerprint density at radius 2 is 1.74 bits per heavy atom. The second-order valence-corrected chi connectivity index (χ2v) is 5.59. The molecule has 19 heavy (non-hydrogen) atoms. The molecule has 1 saturated carbocycles. The molecule has 0 aromatic heterocycles. The van der Waals surface area contributed by atoms with Crippen LogP contribution in [0.3, 0.4) is 0 Å². The first-order valence-electron chi connectivity index (χ1n) is 7.93. The molecule has 0 heteroatoms. The summed E-state index contributed by atoms with van der Waals surface area (Å²) in [5.41, 5.74) is 8.13. The monoisotopic (exact) mass is 254 g/mol. The van der Waals surface area contributed by atoms with Crippen LogP contribution < -0.4 is 0 Å². The van der Waals surface area contributed by atoms with Gasteiger partial charge in [0, 0.05) is 5.57 Å². The van der Waals surface area contributed by atoms with E-state index in [0.717, 1.165) is 0 Å². The van der Waals surface area contributed by atoms with Gasteiger partial charge in [-0.25, -0.2) is 0 Å². The summed E-state index contributed by atoms with van der Waals surface area (Å²) in [5.74, 6) is 0. The molecule has 1 aliphatic rings. The van der Waals surface area contributed by atoms with Gasteiger partial charge in [0.2, 0.25) is 0 Å². The average Bonchev–Trinajstić information content (AvgIpc) is 2.48. The Balaban J connectivity index is 2.20. The van der Waals surface area contributed by atoms with Crippen molar-refractivity contribution in [1.29, 1.82) is 0 Å². The fourth-order valence-electron chi connectivity index (χ4n) is 2.79. The second-order valence-electron chi connectivity index (χ2n) is 5.59. The molecule has 0 atom stereocenters. The van der Waals surface area contributed by atoms with Gasteiger partial charge in [-0.2, -0.15) is 0 Å². The number of rotatable bonds is 5. The largest absolute Gasteiger partial charge is 0.118 e. The highest BCUT2D eigenvalue weighted by atomic mass is 14.1. The molecule has 0 radical (unpaired) electrons.